The first-order valence-electron chi connectivity index (χ1n) is 6.84. The number of halogens is 1. The summed E-state index contributed by atoms with van der Waals surface area (Å²) in [6.45, 7) is 0.747. The summed E-state index contributed by atoms with van der Waals surface area (Å²) in [4.78, 5) is 14.4. The van der Waals surface area contributed by atoms with E-state index in [1.807, 2.05) is 17.0 Å². The second-order valence-electron chi connectivity index (χ2n) is 5.02. The van der Waals surface area contributed by atoms with Gasteiger partial charge in [0, 0.05) is 23.5 Å². The smallest absolute Gasteiger partial charge is 0.227 e. The number of nitrogens with zero attached hydrogens (tertiary/aromatic N) is 1. The lowest BCUT2D eigenvalue weighted by Crippen LogP contribution is -2.41. The molecule has 1 saturated carbocycles. The van der Waals surface area contributed by atoms with E-state index in [0.29, 0.717) is 11.6 Å². The van der Waals surface area contributed by atoms with E-state index in [-0.39, 0.29) is 18.1 Å². The highest BCUT2D eigenvalue weighted by atomic mass is 79.9. The van der Waals surface area contributed by atoms with E-state index in [1.54, 1.807) is 12.1 Å². The number of carbonyl (C=O) groups is 1. The number of rotatable bonds is 5. The Hall–Kier alpha value is -1.03. The highest BCUT2D eigenvalue weighted by Gasteiger charge is 2.26. The number of alkyl halides is 1. The third kappa shape index (κ3) is 3.72. The van der Waals surface area contributed by atoms with Crippen molar-refractivity contribution >= 4 is 21.8 Å². The topological polar surface area (TPSA) is 40.5 Å². The fraction of sp³-hybridized carbons (Fsp3) is 0.533. The molecule has 104 valence electrons. The van der Waals surface area contributed by atoms with E-state index >= 15 is 0 Å². The van der Waals surface area contributed by atoms with E-state index in [9.17, 15) is 9.90 Å². The monoisotopic (exact) mass is 325 g/mol. The van der Waals surface area contributed by atoms with Crippen LogP contribution in [0.25, 0.3) is 0 Å². The van der Waals surface area contributed by atoms with E-state index in [2.05, 4.69) is 15.9 Å². The number of hydrogen-bond donors (Lipinski definition) is 1. The van der Waals surface area contributed by atoms with Gasteiger partial charge in [0.1, 0.15) is 5.75 Å². The predicted molar refractivity (Wildman–Crippen MR) is 79.6 cm³/mol. The van der Waals surface area contributed by atoms with E-state index in [4.69, 9.17) is 0 Å². The van der Waals surface area contributed by atoms with E-state index < -0.39 is 0 Å². The molecule has 0 heterocycles. The number of para-hydroxylation sites is 1. The van der Waals surface area contributed by atoms with Crippen molar-refractivity contribution in [1.82, 2.24) is 4.90 Å². The van der Waals surface area contributed by atoms with Crippen molar-refractivity contribution in [3.8, 4) is 5.75 Å². The molecule has 3 nitrogen and oxygen atoms in total. The van der Waals surface area contributed by atoms with Crippen molar-refractivity contribution in [2.75, 3.05) is 11.9 Å². The normalized spacial score (nSPS) is 15.6. The molecule has 19 heavy (non-hydrogen) atoms. The molecular formula is C15H20BrNO2. The highest BCUT2D eigenvalue weighted by molar-refractivity contribution is 9.09. The van der Waals surface area contributed by atoms with Crippen LogP contribution in [-0.4, -0.2) is 33.8 Å². The molecule has 4 heteroatoms. The van der Waals surface area contributed by atoms with Crippen LogP contribution in [-0.2, 0) is 11.2 Å². The summed E-state index contributed by atoms with van der Waals surface area (Å²) in [6, 6.07) is 7.46. The molecule has 0 spiro atoms. The van der Waals surface area contributed by atoms with Crippen LogP contribution in [0.3, 0.4) is 0 Å². The van der Waals surface area contributed by atoms with Gasteiger partial charge in [-0.25, -0.2) is 0 Å². The zero-order valence-corrected chi connectivity index (χ0v) is 12.6. The Morgan fingerprint density at radius 1 is 1.32 bits per heavy atom. The summed E-state index contributed by atoms with van der Waals surface area (Å²) >= 11 is 3.42. The Morgan fingerprint density at radius 2 is 2.00 bits per heavy atom. The molecule has 1 aromatic rings. The average molecular weight is 326 g/mol. The van der Waals surface area contributed by atoms with E-state index in [0.717, 1.165) is 24.7 Å². The maximum atomic E-state index is 12.4. The zero-order chi connectivity index (χ0) is 13.7. The van der Waals surface area contributed by atoms with Gasteiger partial charge in [-0.3, -0.25) is 4.79 Å². The van der Waals surface area contributed by atoms with Crippen LogP contribution in [0.5, 0.6) is 5.75 Å². The van der Waals surface area contributed by atoms with E-state index in [1.165, 1.54) is 12.8 Å². The van der Waals surface area contributed by atoms with Crippen molar-refractivity contribution in [1.29, 1.82) is 0 Å². The Labute approximate surface area is 122 Å². The minimum Gasteiger partial charge on any atom is -0.508 e. The molecule has 1 aromatic carbocycles. The summed E-state index contributed by atoms with van der Waals surface area (Å²) in [5.74, 6) is 0.328. The molecule has 0 atom stereocenters. The lowest BCUT2D eigenvalue weighted by Gasteiger charge is -2.28. The summed E-state index contributed by atoms with van der Waals surface area (Å²) in [5.41, 5.74) is 0.713. The first-order chi connectivity index (χ1) is 9.22. The molecule has 0 unspecified atom stereocenters. The van der Waals surface area contributed by atoms with Gasteiger partial charge < -0.3 is 10.0 Å². The number of hydrogen-bond acceptors (Lipinski definition) is 2. The SMILES string of the molecule is O=C(Cc1ccccc1O)N(CCBr)C1CCCC1. The van der Waals surface area contributed by atoms with Gasteiger partial charge in [-0.2, -0.15) is 0 Å². The molecule has 1 aliphatic rings. The van der Waals surface area contributed by atoms with Gasteiger partial charge in [-0.05, 0) is 18.9 Å². The molecule has 2 rings (SSSR count). The lowest BCUT2D eigenvalue weighted by molar-refractivity contribution is -0.132. The predicted octanol–water partition coefficient (Wildman–Crippen LogP) is 3.10. The van der Waals surface area contributed by atoms with Crippen molar-refractivity contribution < 1.29 is 9.90 Å². The van der Waals surface area contributed by atoms with Gasteiger partial charge in [-0.1, -0.05) is 47.0 Å². The molecule has 0 aromatic heterocycles. The molecule has 1 amide bonds. The number of carbonyl (C=O) groups excluding carboxylic acids is 1. The van der Waals surface area contributed by atoms with Gasteiger partial charge in [0.05, 0.1) is 6.42 Å². The van der Waals surface area contributed by atoms with Crippen LogP contribution in [0, 0.1) is 0 Å². The quantitative estimate of drug-likeness (QED) is 0.845. The average Bonchev–Trinajstić information content (AvgIpc) is 2.92. The van der Waals surface area contributed by atoms with Crippen LogP contribution < -0.4 is 0 Å². The second-order valence-corrected chi connectivity index (χ2v) is 5.81. The molecular weight excluding hydrogens is 306 g/mol. The fourth-order valence-electron chi connectivity index (χ4n) is 2.74. The number of aromatic hydroxyl groups is 1. The zero-order valence-electron chi connectivity index (χ0n) is 11.0. The summed E-state index contributed by atoms with van der Waals surface area (Å²) in [6.07, 6.45) is 4.94. The van der Waals surface area contributed by atoms with Crippen LogP contribution in [0.1, 0.15) is 31.2 Å². The largest absolute Gasteiger partial charge is 0.508 e. The minimum atomic E-state index is 0.118. The van der Waals surface area contributed by atoms with Crippen LogP contribution >= 0.6 is 15.9 Å². The molecule has 0 radical (unpaired) electrons. The van der Waals surface area contributed by atoms with Crippen LogP contribution in [0.4, 0.5) is 0 Å². The highest BCUT2D eigenvalue weighted by Crippen LogP contribution is 2.25. The van der Waals surface area contributed by atoms with Crippen molar-refractivity contribution in [3.05, 3.63) is 29.8 Å². The van der Waals surface area contributed by atoms with Gasteiger partial charge in [0.2, 0.25) is 5.91 Å². The molecule has 1 fully saturated rings. The Kier molecular flexibility index (Phi) is 5.25. The van der Waals surface area contributed by atoms with Gasteiger partial charge in [-0.15, -0.1) is 0 Å². The molecule has 0 aliphatic heterocycles. The summed E-state index contributed by atoms with van der Waals surface area (Å²) < 4.78 is 0. The standard InChI is InChI=1S/C15H20BrNO2/c16-9-10-17(13-6-2-3-7-13)15(19)11-12-5-1-4-8-14(12)18/h1,4-5,8,13,18H,2-3,6-7,9-11H2. The Morgan fingerprint density at radius 3 is 2.63 bits per heavy atom. The second kappa shape index (κ2) is 6.94. The molecule has 1 aliphatic carbocycles. The number of phenols is 1. The van der Waals surface area contributed by atoms with Crippen LogP contribution in [0.2, 0.25) is 0 Å². The van der Waals surface area contributed by atoms with Crippen LogP contribution in [0.15, 0.2) is 24.3 Å². The molecule has 1 N–H and O–H groups in total. The first-order valence-corrected chi connectivity index (χ1v) is 7.97. The Balaban J connectivity index is 2.05. The van der Waals surface area contributed by atoms with Crippen molar-refractivity contribution in [3.63, 3.8) is 0 Å². The fourth-order valence-corrected chi connectivity index (χ4v) is 3.12. The third-order valence-electron chi connectivity index (χ3n) is 3.74. The first kappa shape index (κ1) is 14.4. The molecule has 0 saturated heterocycles. The minimum absolute atomic E-state index is 0.118. The third-order valence-corrected chi connectivity index (χ3v) is 4.10. The maximum Gasteiger partial charge on any atom is 0.227 e. The number of amides is 1. The van der Waals surface area contributed by atoms with Gasteiger partial charge >= 0.3 is 0 Å². The number of benzene rings is 1. The Bertz CT molecular complexity index is 430. The van der Waals surface area contributed by atoms with Crippen molar-refractivity contribution in [2.45, 2.75) is 38.1 Å². The lowest BCUT2D eigenvalue weighted by atomic mass is 10.1. The summed E-state index contributed by atoms with van der Waals surface area (Å²) in [7, 11) is 0. The van der Waals surface area contributed by atoms with Gasteiger partial charge in [0.25, 0.3) is 0 Å². The van der Waals surface area contributed by atoms with Gasteiger partial charge in [0.15, 0.2) is 0 Å². The van der Waals surface area contributed by atoms with Crippen molar-refractivity contribution in [2.24, 2.45) is 0 Å². The summed E-state index contributed by atoms with van der Waals surface area (Å²) in [5, 5.41) is 10.6. The number of phenolic OH excluding ortho intramolecular Hbond substituents is 1. The molecule has 0 bridgehead atoms. The maximum absolute atomic E-state index is 12.4.